The SMILES string of the molecule is Cn1nc(-c2ccc(F)cc2)cc1C(=O)Nc1cnn(C[C@H]2CCCCO2)c1. The van der Waals surface area contributed by atoms with Gasteiger partial charge in [0.1, 0.15) is 11.5 Å². The topological polar surface area (TPSA) is 74.0 Å². The van der Waals surface area contributed by atoms with Gasteiger partial charge in [0.2, 0.25) is 0 Å². The second-order valence-corrected chi connectivity index (χ2v) is 6.94. The van der Waals surface area contributed by atoms with E-state index >= 15 is 0 Å². The van der Waals surface area contributed by atoms with Crippen molar-refractivity contribution in [3.05, 3.63) is 54.2 Å². The number of aromatic nitrogens is 4. The maximum absolute atomic E-state index is 13.1. The van der Waals surface area contributed by atoms with Crippen LogP contribution in [0.3, 0.4) is 0 Å². The highest BCUT2D eigenvalue weighted by molar-refractivity contribution is 6.03. The fourth-order valence-electron chi connectivity index (χ4n) is 3.32. The number of rotatable bonds is 5. The van der Waals surface area contributed by atoms with Gasteiger partial charge in [-0.25, -0.2) is 4.39 Å². The second-order valence-electron chi connectivity index (χ2n) is 6.94. The van der Waals surface area contributed by atoms with Gasteiger partial charge in [-0.2, -0.15) is 10.2 Å². The molecule has 3 heterocycles. The number of nitrogens with zero attached hydrogens (tertiary/aromatic N) is 4. The lowest BCUT2D eigenvalue weighted by atomic mass is 10.1. The zero-order valence-corrected chi connectivity index (χ0v) is 15.6. The first kappa shape index (κ1) is 18.4. The number of nitrogens with one attached hydrogen (secondary N) is 1. The van der Waals surface area contributed by atoms with Crippen molar-refractivity contribution in [2.75, 3.05) is 11.9 Å². The predicted molar refractivity (Wildman–Crippen MR) is 102 cm³/mol. The number of hydrogen-bond acceptors (Lipinski definition) is 4. The molecule has 1 atom stereocenters. The Kier molecular flexibility index (Phi) is 5.21. The maximum Gasteiger partial charge on any atom is 0.274 e. The van der Waals surface area contributed by atoms with Gasteiger partial charge in [0.05, 0.1) is 30.2 Å². The standard InChI is InChI=1S/C20H22FN5O2/c1-25-19(10-18(24-25)14-5-7-15(21)8-6-14)20(27)23-16-11-22-26(12-16)13-17-4-2-3-9-28-17/h5-8,10-12,17H,2-4,9,13H2,1H3,(H,23,27)/t17-/m1/s1. The lowest BCUT2D eigenvalue weighted by Gasteiger charge is -2.22. The van der Waals surface area contributed by atoms with Gasteiger partial charge in [-0.1, -0.05) is 0 Å². The maximum atomic E-state index is 13.1. The lowest BCUT2D eigenvalue weighted by Crippen LogP contribution is -2.24. The van der Waals surface area contributed by atoms with Crippen LogP contribution in [0.25, 0.3) is 11.3 Å². The number of amides is 1. The summed E-state index contributed by atoms with van der Waals surface area (Å²) in [6.45, 7) is 1.47. The highest BCUT2D eigenvalue weighted by Crippen LogP contribution is 2.20. The third-order valence-electron chi connectivity index (χ3n) is 4.81. The average molecular weight is 383 g/mol. The molecule has 1 amide bonds. The molecule has 0 unspecified atom stereocenters. The van der Waals surface area contributed by atoms with Crippen LogP contribution in [0.15, 0.2) is 42.7 Å². The van der Waals surface area contributed by atoms with Crippen LogP contribution in [-0.2, 0) is 18.3 Å². The normalized spacial score (nSPS) is 16.9. The van der Waals surface area contributed by atoms with Gasteiger partial charge in [0, 0.05) is 25.4 Å². The molecule has 1 fully saturated rings. The molecule has 1 aliphatic rings. The van der Waals surface area contributed by atoms with Crippen LogP contribution in [0.2, 0.25) is 0 Å². The molecule has 0 bridgehead atoms. The summed E-state index contributed by atoms with van der Waals surface area (Å²) in [5, 5.41) is 11.5. The molecule has 0 radical (unpaired) electrons. The first-order valence-corrected chi connectivity index (χ1v) is 9.34. The summed E-state index contributed by atoms with van der Waals surface area (Å²) in [6, 6.07) is 7.69. The van der Waals surface area contributed by atoms with Gasteiger partial charge in [-0.3, -0.25) is 14.2 Å². The van der Waals surface area contributed by atoms with Crippen molar-refractivity contribution in [1.82, 2.24) is 19.6 Å². The molecule has 1 aliphatic heterocycles. The predicted octanol–water partition coefficient (Wildman–Crippen LogP) is 3.24. The van der Waals surface area contributed by atoms with E-state index in [-0.39, 0.29) is 17.8 Å². The Balaban J connectivity index is 1.43. The van der Waals surface area contributed by atoms with E-state index in [2.05, 4.69) is 15.5 Å². The van der Waals surface area contributed by atoms with Crippen molar-refractivity contribution < 1.29 is 13.9 Å². The fraction of sp³-hybridized carbons (Fsp3) is 0.350. The number of halogens is 1. The van der Waals surface area contributed by atoms with Crippen LogP contribution in [0.5, 0.6) is 0 Å². The van der Waals surface area contributed by atoms with Crippen LogP contribution in [0, 0.1) is 5.82 Å². The van der Waals surface area contributed by atoms with Crippen molar-refractivity contribution in [1.29, 1.82) is 0 Å². The van der Waals surface area contributed by atoms with Gasteiger partial charge in [0.15, 0.2) is 0 Å². The van der Waals surface area contributed by atoms with E-state index in [0.29, 0.717) is 23.6 Å². The molecule has 0 aliphatic carbocycles. The number of benzene rings is 1. The summed E-state index contributed by atoms with van der Waals surface area (Å²) in [5.74, 6) is -0.592. The Morgan fingerprint density at radius 1 is 1.32 bits per heavy atom. The molecule has 3 aromatic rings. The Morgan fingerprint density at radius 3 is 2.89 bits per heavy atom. The highest BCUT2D eigenvalue weighted by atomic mass is 19.1. The summed E-state index contributed by atoms with van der Waals surface area (Å²) < 4.78 is 22.1. The summed E-state index contributed by atoms with van der Waals surface area (Å²) in [4.78, 5) is 12.6. The molecule has 1 saturated heterocycles. The Bertz CT molecular complexity index is 957. The van der Waals surface area contributed by atoms with Crippen molar-refractivity contribution in [2.45, 2.75) is 31.9 Å². The van der Waals surface area contributed by atoms with Crippen molar-refractivity contribution in [3.8, 4) is 11.3 Å². The molecular formula is C20H22FN5O2. The van der Waals surface area contributed by atoms with E-state index in [4.69, 9.17) is 4.74 Å². The molecule has 28 heavy (non-hydrogen) atoms. The second kappa shape index (κ2) is 7.93. The Hall–Kier alpha value is -3.00. The molecule has 146 valence electrons. The van der Waals surface area contributed by atoms with Crippen LogP contribution >= 0.6 is 0 Å². The average Bonchev–Trinajstić information content (AvgIpc) is 3.29. The third-order valence-corrected chi connectivity index (χ3v) is 4.81. The summed E-state index contributed by atoms with van der Waals surface area (Å²) >= 11 is 0. The summed E-state index contributed by atoms with van der Waals surface area (Å²) in [6.07, 6.45) is 6.91. The van der Waals surface area contributed by atoms with E-state index in [0.717, 1.165) is 25.0 Å². The Labute approximate surface area is 162 Å². The van der Waals surface area contributed by atoms with E-state index in [1.54, 1.807) is 42.3 Å². The smallest absolute Gasteiger partial charge is 0.274 e. The van der Waals surface area contributed by atoms with Crippen LogP contribution in [-0.4, -0.2) is 38.2 Å². The molecule has 7 nitrogen and oxygen atoms in total. The zero-order valence-electron chi connectivity index (χ0n) is 15.6. The van der Waals surface area contributed by atoms with Gasteiger partial charge in [-0.05, 0) is 49.6 Å². The molecule has 0 saturated carbocycles. The van der Waals surface area contributed by atoms with Gasteiger partial charge < -0.3 is 10.1 Å². The quantitative estimate of drug-likeness (QED) is 0.734. The van der Waals surface area contributed by atoms with E-state index in [1.807, 2.05) is 0 Å². The molecule has 8 heteroatoms. The van der Waals surface area contributed by atoms with Crippen LogP contribution in [0.1, 0.15) is 29.8 Å². The minimum absolute atomic E-state index is 0.174. The van der Waals surface area contributed by atoms with E-state index in [9.17, 15) is 9.18 Å². The van der Waals surface area contributed by atoms with Gasteiger partial charge in [0.25, 0.3) is 5.91 Å². The van der Waals surface area contributed by atoms with Crippen molar-refractivity contribution in [3.63, 3.8) is 0 Å². The van der Waals surface area contributed by atoms with Gasteiger partial charge in [-0.15, -0.1) is 0 Å². The number of anilines is 1. The molecule has 4 rings (SSSR count). The summed E-state index contributed by atoms with van der Waals surface area (Å²) in [5.41, 5.74) is 2.38. The zero-order chi connectivity index (χ0) is 19.5. The summed E-state index contributed by atoms with van der Waals surface area (Å²) in [7, 11) is 1.70. The number of carbonyl (C=O) groups excluding carboxylic acids is 1. The Morgan fingerprint density at radius 2 is 2.14 bits per heavy atom. The number of carbonyl (C=O) groups is 1. The molecule has 0 spiro atoms. The lowest BCUT2D eigenvalue weighted by molar-refractivity contribution is 0.00400. The van der Waals surface area contributed by atoms with Gasteiger partial charge >= 0.3 is 0 Å². The minimum atomic E-state index is -0.312. The number of hydrogen-bond donors (Lipinski definition) is 1. The molecule has 2 aromatic heterocycles. The van der Waals surface area contributed by atoms with Crippen molar-refractivity contribution >= 4 is 11.6 Å². The van der Waals surface area contributed by atoms with Crippen LogP contribution in [0.4, 0.5) is 10.1 Å². The monoisotopic (exact) mass is 383 g/mol. The highest BCUT2D eigenvalue weighted by Gasteiger charge is 2.17. The van der Waals surface area contributed by atoms with Crippen LogP contribution < -0.4 is 5.32 Å². The first-order chi connectivity index (χ1) is 13.6. The molecule has 1 N–H and O–H groups in total. The molecule has 1 aromatic carbocycles. The van der Waals surface area contributed by atoms with Crippen molar-refractivity contribution in [2.24, 2.45) is 7.05 Å². The third kappa shape index (κ3) is 4.12. The van der Waals surface area contributed by atoms with E-state index in [1.165, 1.54) is 23.2 Å². The first-order valence-electron chi connectivity index (χ1n) is 9.34. The number of ether oxygens (including phenoxy) is 1. The largest absolute Gasteiger partial charge is 0.376 e. The molecular weight excluding hydrogens is 361 g/mol. The number of aryl methyl sites for hydroxylation is 1. The van der Waals surface area contributed by atoms with E-state index < -0.39 is 0 Å². The fourth-order valence-corrected chi connectivity index (χ4v) is 3.32. The minimum Gasteiger partial charge on any atom is -0.376 e.